The van der Waals surface area contributed by atoms with Crippen LogP contribution >= 0.6 is 0 Å². The van der Waals surface area contributed by atoms with E-state index in [2.05, 4.69) is 548 Å². The van der Waals surface area contributed by atoms with Gasteiger partial charge in [-0.3, -0.25) is 0 Å². The number of hydrogen-bond donors (Lipinski definition) is 0. The van der Waals surface area contributed by atoms with Crippen LogP contribution < -0.4 is 38.5 Å². The van der Waals surface area contributed by atoms with Gasteiger partial charge in [-0.15, -0.1) is 0 Å². The Morgan fingerprint density at radius 2 is 0.377 bits per heavy atom. The molecule has 0 aromatic heterocycles. The quantitative estimate of drug-likeness (QED) is 0.0532. The molecule has 0 amide bonds. The van der Waals surface area contributed by atoms with E-state index in [0.717, 1.165) is 149 Å². The maximum absolute atomic E-state index is 6.00. The molecular formula is C138H120N4O4. The van der Waals surface area contributed by atoms with Crippen molar-refractivity contribution >= 4 is 68.2 Å². The maximum Gasteiger partial charge on any atom is 0.126 e. The molecule has 2 unspecified atom stereocenters. The van der Waals surface area contributed by atoms with E-state index in [4.69, 9.17) is 18.9 Å². The molecule has 2 aliphatic carbocycles. The second-order valence-corrected chi connectivity index (χ2v) is 40.2. The van der Waals surface area contributed by atoms with Crippen molar-refractivity contribution in [2.24, 2.45) is 0 Å². The van der Waals surface area contributed by atoms with Gasteiger partial charge in [0.2, 0.25) is 0 Å². The molecule has 0 aliphatic heterocycles. The number of anilines is 12. The van der Waals surface area contributed by atoms with E-state index >= 15 is 0 Å². The summed E-state index contributed by atoms with van der Waals surface area (Å²) in [4.78, 5) is 9.62. The van der Waals surface area contributed by atoms with Gasteiger partial charge in [-0.1, -0.05) is 357 Å². The number of nitrogens with zero attached hydrogens (tertiary/aromatic N) is 4. The van der Waals surface area contributed by atoms with Crippen LogP contribution in [0.1, 0.15) is 98.9 Å². The minimum absolute atomic E-state index is 0.116. The van der Waals surface area contributed by atoms with E-state index in [0.29, 0.717) is 0 Å². The summed E-state index contributed by atoms with van der Waals surface area (Å²) in [5, 5.41) is 0. The Labute approximate surface area is 861 Å². The number of rotatable bonds is 26. The van der Waals surface area contributed by atoms with E-state index < -0.39 is 0 Å². The Kier molecular flexibility index (Phi) is 26.5. The lowest BCUT2D eigenvalue weighted by molar-refractivity contribution is 0.416. The first-order valence-corrected chi connectivity index (χ1v) is 50.5. The number of methoxy groups -OCH3 is 4. The summed E-state index contributed by atoms with van der Waals surface area (Å²) < 4.78 is 24.0. The SMILES string of the molecule is COc1ccc(N(c2ccc(-c3ccccc3)cc2)c2cccc(C3(C)CC(C)(C)c4cc(N(c5ccc(-c6ccccc6)cc5)c5ccc(C)c(-c6ccccc6)c5)ccc43)c2)cc1-c1ccccc1.COc1ccc(N(c2cccc(C3(C)CC(C)(C)c4cc(N(c5ccc(C)c(-c6ccccc6)c5)c5ccc(OC)c(-c6ccccc6)c5)ccc43)c2)c2ccc(OC)c(-c3ccccc3)c2)cc1-c1ccccc1. The van der Waals surface area contributed by atoms with Crippen molar-refractivity contribution in [3.63, 3.8) is 0 Å². The fraction of sp³-hybridized carbons (Fsp3) is 0.130. The molecule has 0 bridgehead atoms. The molecule has 146 heavy (non-hydrogen) atoms. The Hall–Kier alpha value is -17.2. The van der Waals surface area contributed by atoms with Crippen molar-refractivity contribution < 1.29 is 18.9 Å². The van der Waals surface area contributed by atoms with Crippen LogP contribution in [0.4, 0.5) is 68.2 Å². The van der Waals surface area contributed by atoms with Crippen LogP contribution in [-0.4, -0.2) is 28.4 Å². The highest BCUT2D eigenvalue weighted by molar-refractivity contribution is 5.91. The van der Waals surface area contributed by atoms with Gasteiger partial charge in [0.25, 0.3) is 0 Å². The highest BCUT2D eigenvalue weighted by atomic mass is 16.5. The predicted octanol–water partition coefficient (Wildman–Crippen LogP) is 37.2. The number of fused-ring (bicyclic) bond motifs is 2. The van der Waals surface area contributed by atoms with E-state index in [-0.39, 0.29) is 21.7 Å². The van der Waals surface area contributed by atoms with Gasteiger partial charge < -0.3 is 38.5 Å². The normalized spacial score (nSPS) is 14.5. The molecule has 22 rings (SSSR count). The third kappa shape index (κ3) is 18.8. The number of ether oxygens (including phenoxy) is 4. The standard InChI is InChI=1S/C70H62N2O3.C68H58N2O/c1-48-31-32-55(42-60(48)49-21-12-8-13-22-49)72(58-36-40-68(75-7)63(45-58)52-27-18-11-19-28-52)59-33-37-64-65(46-59)69(2,3)47-70(64,4)53-29-20-30-54(41-53)71(56-34-38-66(73-5)61(43-56)50-23-14-9-15-24-50)57-35-39-67(74-6)62(44-57)51-25-16-10-17-26-51;1-48-29-34-59(44-62(48)53-23-14-8-15-24-53)70(57-37-32-52(33-38-57)50-21-12-7-13-22-50)61-39-41-64-65(46-61)67(2,3)47-68(64,4)55-27-18-28-58(43-55)69(56-35-30-51(31-36-56)49-19-10-6-11-20-49)60-40-42-66(71-5)63(45-60)54-25-16-9-17-26-54/h8-46H,47H2,1-7H3;6-46H,47H2,1-5H3. The monoisotopic (exact) mass is 1900 g/mol. The van der Waals surface area contributed by atoms with Crippen molar-refractivity contribution in [2.75, 3.05) is 48.0 Å². The first-order chi connectivity index (χ1) is 71.2. The minimum Gasteiger partial charge on any atom is -0.496 e. The second-order valence-electron chi connectivity index (χ2n) is 40.2. The molecule has 8 nitrogen and oxygen atoms in total. The summed E-state index contributed by atoms with van der Waals surface area (Å²) in [6, 6.07) is 175. The number of hydrogen-bond acceptors (Lipinski definition) is 8. The zero-order chi connectivity index (χ0) is 100. The Balaban J connectivity index is 0.000000172. The fourth-order valence-electron chi connectivity index (χ4n) is 22.8. The van der Waals surface area contributed by atoms with Crippen LogP contribution in [0.15, 0.2) is 485 Å². The van der Waals surface area contributed by atoms with E-state index in [1.165, 1.54) is 89.0 Å². The summed E-state index contributed by atoms with van der Waals surface area (Å²) in [5.41, 5.74) is 40.6. The molecule has 2 aliphatic rings. The summed E-state index contributed by atoms with van der Waals surface area (Å²) >= 11 is 0. The molecular weight excluding hydrogens is 1780 g/mol. The summed E-state index contributed by atoms with van der Waals surface area (Å²) in [6.07, 6.45) is 1.89. The molecule has 716 valence electrons. The zero-order valence-corrected chi connectivity index (χ0v) is 85.0. The highest BCUT2D eigenvalue weighted by Gasteiger charge is 2.48. The Morgan fingerprint density at radius 3 is 0.644 bits per heavy atom. The zero-order valence-electron chi connectivity index (χ0n) is 85.0. The lowest BCUT2D eigenvalue weighted by Gasteiger charge is -2.32. The van der Waals surface area contributed by atoms with Gasteiger partial charge in [-0.05, 0) is 319 Å². The van der Waals surface area contributed by atoms with Crippen LogP contribution in [-0.2, 0) is 21.7 Å². The summed E-state index contributed by atoms with van der Waals surface area (Å²) in [7, 11) is 6.98. The van der Waals surface area contributed by atoms with Gasteiger partial charge in [-0.2, -0.15) is 0 Å². The summed E-state index contributed by atoms with van der Waals surface area (Å²) in [6.45, 7) is 19.0. The van der Waals surface area contributed by atoms with E-state index in [1.807, 2.05) is 12.1 Å². The van der Waals surface area contributed by atoms with Gasteiger partial charge in [-0.25, -0.2) is 0 Å². The first-order valence-electron chi connectivity index (χ1n) is 50.5. The maximum atomic E-state index is 6.00. The molecule has 0 radical (unpaired) electrons. The Morgan fingerprint density at radius 1 is 0.171 bits per heavy atom. The smallest absolute Gasteiger partial charge is 0.126 e. The second kappa shape index (κ2) is 40.7. The first kappa shape index (κ1) is 95.0. The van der Waals surface area contributed by atoms with Gasteiger partial charge in [0, 0.05) is 101 Å². The fourth-order valence-corrected chi connectivity index (χ4v) is 22.8. The predicted molar refractivity (Wildman–Crippen MR) is 612 cm³/mol. The highest BCUT2D eigenvalue weighted by Crippen LogP contribution is 2.59. The average Bonchev–Trinajstić information content (AvgIpc) is 1.56. The van der Waals surface area contributed by atoms with Crippen molar-refractivity contribution in [1.29, 1.82) is 0 Å². The van der Waals surface area contributed by atoms with Gasteiger partial charge in [0.1, 0.15) is 23.0 Å². The molecule has 8 heteroatoms. The number of benzene rings is 20. The molecule has 2 atom stereocenters. The van der Waals surface area contributed by atoms with Crippen molar-refractivity contribution in [1.82, 2.24) is 0 Å². The van der Waals surface area contributed by atoms with Crippen molar-refractivity contribution in [2.45, 2.75) is 89.9 Å². The average molecular weight is 1900 g/mol. The third-order valence-corrected chi connectivity index (χ3v) is 29.9. The molecule has 20 aromatic carbocycles. The lowest BCUT2D eigenvalue weighted by atomic mass is 9.75. The van der Waals surface area contributed by atoms with Gasteiger partial charge in [0.15, 0.2) is 0 Å². The summed E-state index contributed by atoms with van der Waals surface area (Å²) in [5.74, 6) is 3.30. The molecule has 0 fully saturated rings. The van der Waals surface area contributed by atoms with Crippen molar-refractivity contribution in [3.8, 4) is 112 Å². The Bertz CT molecular complexity index is 7970. The van der Waals surface area contributed by atoms with E-state index in [9.17, 15) is 0 Å². The molecule has 20 aromatic rings. The van der Waals surface area contributed by atoms with Crippen molar-refractivity contribution in [3.05, 3.63) is 530 Å². The number of aryl methyl sites for hydroxylation is 2. The molecule has 0 N–H and O–H groups in total. The van der Waals surface area contributed by atoms with Crippen LogP contribution in [0.3, 0.4) is 0 Å². The molecule has 0 spiro atoms. The largest absolute Gasteiger partial charge is 0.496 e. The molecule has 0 heterocycles. The molecule has 0 saturated carbocycles. The molecule has 0 saturated heterocycles. The van der Waals surface area contributed by atoms with Gasteiger partial charge >= 0.3 is 0 Å². The third-order valence-electron chi connectivity index (χ3n) is 29.9. The minimum atomic E-state index is -0.320. The van der Waals surface area contributed by atoms with Crippen LogP contribution in [0.25, 0.3) is 89.0 Å². The van der Waals surface area contributed by atoms with Crippen LogP contribution in [0.2, 0.25) is 0 Å². The van der Waals surface area contributed by atoms with E-state index in [1.54, 1.807) is 28.4 Å². The lowest BCUT2D eigenvalue weighted by Crippen LogP contribution is -2.24. The topological polar surface area (TPSA) is 49.9 Å². The van der Waals surface area contributed by atoms with Crippen LogP contribution in [0.5, 0.6) is 23.0 Å². The van der Waals surface area contributed by atoms with Crippen LogP contribution in [0, 0.1) is 13.8 Å². The van der Waals surface area contributed by atoms with Gasteiger partial charge in [0.05, 0.1) is 28.4 Å².